The van der Waals surface area contributed by atoms with Gasteiger partial charge in [-0.25, -0.2) is 4.79 Å². The van der Waals surface area contributed by atoms with E-state index in [4.69, 9.17) is 4.74 Å². The van der Waals surface area contributed by atoms with Gasteiger partial charge in [0.15, 0.2) is 0 Å². The van der Waals surface area contributed by atoms with Crippen molar-refractivity contribution in [3.8, 4) is 5.75 Å². The average molecular weight is 535 g/mol. The van der Waals surface area contributed by atoms with Gasteiger partial charge in [0.05, 0.1) is 13.0 Å². The average Bonchev–Trinajstić information content (AvgIpc) is 2.92. The van der Waals surface area contributed by atoms with Gasteiger partial charge >= 0.3 is 12.0 Å². The highest BCUT2D eigenvalue weighted by Gasteiger charge is 2.18. The molecule has 3 rings (SSSR count). The van der Waals surface area contributed by atoms with Gasteiger partial charge in [-0.3, -0.25) is 9.69 Å². The largest absolute Gasteiger partial charge is 0.497 e. The van der Waals surface area contributed by atoms with E-state index in [9.17, 15) is 14.7 Å². The Hall–Kier alpha value is -3.45. The first-order valence-electron chi connectivity index (χ1n) is 13.3. The van der Waals surface area contributed by atoms with Crippen molar-refractivity contribution in [2.24, 2.45) is 0 Å². The summed E-state index contributed by atoms with van der Waals surface area (Å²) in [6.45, 7) is 4.70. The Kier molecular flexibility index (Phi) is 11.6. The minimum Gasteiger partial charge on any atom is -0.497 e. The van der Waals surface area contributed by atoms with Crippen molar-refractivity contribution in [2.45, 2.75) is 68.1 Å². The van der Waals surface area contributed by atoms with Gasteiger partial charge in [0, 0.05) is 27.7 Å². The number of nitrogens with one attached hydrogen (secondary N) is 1. The number of nitrogens with zero attached hydrogens (tertiary/aromatic N) is 1. The van der Waals surface area contributed by atoms with E-state index in [-0.39, 0.29) is 6.03 Å². The van der Waals surface area contributed by atoms with Gasteiger partial charge < -0.3 is 15.2 Å². The van der Waals surface area contributed by atoms with Crippen molar-refractivity contribution >= 4 is 35.1 Å². The van der Waals surface area contributed by atoms with Gasteiger partial charge in [0.1, 0.15) is 5.75 Å². The molecule has 3 aromatic rings. The van der Waals surface area contributed by atoms with E-state index in [1.165, 1.54) is 12.8 Å². The Morgan fingerprint density at radius 2 is 1.63 bits per heavy atom. The topological polar surface area (TPSA) is 78.9 Å². The number of hydrogen-bond acceptors (Lipinski definition) is 4. The number of amides is 2. The van der Waals surface area contributed by atoms with Gasteiger partial charge in [-0.2, -0.15) is 0 Å². The molecule has 0 aliphatic carbocycles. The molecule has 0 saturated carbocycles. The lowest BCUT2D eigenvalue weighted by atomic mass is 9.97. The van der Waals surface area contributed by atoms with E-state index < -0.39 is 11.9 Å². The highest BCUT2D eigenvalue weighted by molar-refractivity contribution is 7.99. The van der Waals surface area contributed by atoms with Crippen molar-refractivity contribution in [3.63, 3.8) is 0 Å². The molecule has 202 valence electrons. The molecule has 1 unspecified atom stereocenters. The second-order valence-corrected chi connectivity index (χ2v) is 10.3. The van der Waals surface area contributed by atoms with Crippen LogP contribution in [0.25, 0.3) is 0 Å². The smallest absolute Gasteiger partial charge is 0.326 e. The third kappa shape index (κ3) is 8.55. The molecular weight excluding hydrogens is 496 g/mol. The first-order valence-corrected chi connectivity index (χ1v) is 14.1. The summed E-state index contributed by atoms with van der Waals surface area (Å²) in [4.78, 5) is 28.7. The summed E-state index contributed by atoms with van der Waals surface area (Å²) in [5.41, 5.74) is 2.36. The van der Waals surface area contributed by atoms with Crippen molar-refractivity contribution in [1.82, 2.24) is 0 Å². The van der Waals surface area contributed by atoms with E-state index in [2.05, 4.69) is 12.2 Å². The van der Waals surface area contributed by atoms with Crippen LogP contribution in [0, 0.1) is 0 Å². The second-order valence-electron chi connectivity index (χ2n) is 9.19. The van der Waals surface area contributed by atoms with Crippen molar-refractivity contribution in [2.75, 3.05) is 23.9 Å². The minimum atomic E-state index is -0.802. The molecule has 0 heterocycles. The zero-order valence-electron chi connectivity index (χ0n) is 22.5. The molecule has 0 aliphatic heterocycles. The lowest BCUT2D eigenvalue weighted by Gasteiger charge is -2.24. The molecule has 6 nitrogen and oxygen atoms in total. The molecule has 0 aromatic heterocycles. The highest BCUT2D eigenvalue weighted by atomic mass is 32.2. The van der Waals surface area contributed by atoms with Crippen LogP contribution in [0.5, 0.6) is 5.75 Å². The molecule has 3 aromatic carbocycles. The predicted molar refractivity (Wildman–Crippen MR) is 156 cm³/mol. The Balaban J connectivity index is 1.76. The van der Waals surface area contributed by atoms with Crippen LogP contribution in [0.1, 0.15) is 63.9 Å². The van der Waals surface area contributed by atoms with E-state index in [1.54, 1.807) is 18.9 Å². The van der Waals surface area contributed by atoms with Crippen LogP contribution in [-0.4, -0.2) is 30.8 Å². The molecule has 2 N–H and O–H groups in total. The second kappa shape index (κ2) is 15.1. The summed E-state index contributed by atoms with van der Waals surface area (Å²) in [6.07, 6.45) is 6.10. The number of hydrogen-bond donors (Lipinski definition) is 2. The monoisotopic (exact) mass is 534 g/mol. The number of carboxylic acid groups (broad SMARTS) is 1. The maximum Gasteiger partial charge on any atom is 0.326 e. The van der Waals surface area contributed by atoms with Gasteiger partial charge in [-0.05, 0) is 73.0 Å². The summed E-state index contributed by atoms with van der Waals surface area (Å²) in [5.74, 6) is -0.558. The number of urea groups is 1. The third-order valence-electron chi connectivity index (χ3n) is 6.43. The SMILES string of the molecule is CCCCCCCN(C(=O)Nc1ccc(OC)cc1)c1cccc(Sc2ccc(C(CC)C(=O)O)cc2)c1. The lowest BCUT2D eigenvalue weighted by Crippen LogP contribution is -2.35. The Bertz CT molecular complexity index is 1170. The first-order chi connectivity index (χ1) is 18.4. The molecule has 0 bridgehead atoms. The number of aliphatic carboxylic acids is 1. The lowest BCUT2D eigenvalue weighted by molar-refractivity contribution is -0.138. The summed E-state index contributed by atoms with van der Waals surface area (Å²) < 4.78 is 5.22. The van der Waals surface area contributed by atoms with Crippen LogP contribution < -0.4 is 15.0 Å². The van der Waals surface area contributed by atoms with Gasteiger partial charge in [0.2, 0.25) is 0 Å². The van der Waals surface area contributed by atoms with E-state index in [0.29, 0.717) is 18.7 Å². The molecule has 0 aliphatic rings. The maximum atomic E-state index is 13.4. The number of carbonyl (C=O) groups excluding carboxylic acids is 1. The summed E-state index contributed by atoms with van der Waals surface area (Å²) in [5, 5.41) is 12.5. The quantitative estimate of drug-likeness (QED) is 0.203. The predicted octanol–water partition coefficient (Wildman–Crippen LogP) is 8.43. The van der Waals surface area contributed by atoms with E-state index in [0.717, 1.165) is 46.1 Å². The molecule has 2 amide bonds. The number of methoxy groups -OCH3 is 1. The molecule has 7 heteroatoms. The van der Waals surface area contributed by atoms with Gasteiger partial charge in [-0.15, -0.1) is 0 Å². The fourth-order valence-corrected chi connectivity index (χ4v) is 5.13. The van der Waals surface area contributed by atoms with Gasteiger partial charge in [-0.1, -0.05) is 69.5 Å². The minimum absolute atomic E-state index is 0.170. The van der Waals surface area contributed by atoms with Crippen LogP contribution in [0.2, 0.25) is 0 Å². The maximum absolute atomic E-state index is 13.4. The van der Waals surface area contributed by atoms with E-state index in [1.807, 2.05) is 84.6 Å². The number of carbonyl (C=O) groups is 2. The molecule has 0 saturated heterocycles. The number of benzene rings is 3. The standard InChI is InChI=1S/C31H38N2O4S/c1-4-6-7-8-9-21-33(31(36)32-24-15-17-26(37-3)18-16-24)25-11-10-12-28(22-25)38-27-19-13-23(14-20-27)29(5-2)30(34)35/h10-20,22,29H,4-9,21H2,1-3H3,(H,32,36)(H,34,35). The first kappa shape index (κ1) is 29.1. The van der Waals surface area contributed by atoms with Crippen molar-refractivity contribution in [1.29, 1.82) is 0 Å². The summed E-state index contributed by atoms with van der Waals surface area (Å²) in [6, 6.07) is 22.8. The number of anilines is 2. The number of ether oxygens (including phenoxy) is 1. The molecule has 38 heavy (non-hydrogen) atoms. The molecule has 0 radical (unpaired) electrons. The summed E-state index contributed by atoms with van der Waals surface area (Å²) >= 11 is 1.59. The van der Waals surface area contributed by atoms with Crippen LogP contribution >= 0.6 is 11.8 Å². The van der Waals surface area contributed by atoms with Crippen molar-refractivity contribution < 1.29 is 19.4 Å². The molecule has 0 fully saturated rings. The van der Waals surface area contributed by atoms with E-state index >= 15 is 0 Å². The number of rotatable bonds is 14. The zero-order valence-corrected chi connectivity index (χ0v) is 23.3. The van der Waals surface area contributed by atoms with Crippen LogP contribution in [0.15, 0.2) is 82.6 Å². The Morgan fingerprint density at radius 3 is 2.26 bits per heavy atom. The molecule has 1 atom stereocenters. The highest BCUT2D eigenvalue weighted by Crippen LogP contribution is 2.32. The molecule has 0 spiro atoms. The van der Waals surface area contributed by atoms with Crippen LogP contribution in [-0.2, 0) is 4.79 Å². The fourth-order valence-electron chi connectivity index (χ4n) is 4.26. The summed E-state index contributed by atoms with van der Waals surface area (Å²) in [7, 11) is 1.62. The van der Waals surface area contributed by atoms with Crippen molar-refractivity contribution in [3.05, 3.63) is 78.4 Å². The number of unbranched alkanes of at least 4 members (excludes halogenated alkanes) is 4. The third-order valence-corrected chi connectivity index (χ3v) is 7.42. The zero-order chi connectivity index (χ0) is 27.3. The van der Waals surface area contributed by atoms with Crippen LogP contribution in [0.3, 0.4) is 0 Å². The van der Waals surface area contributed by atoms with Crippen LogP contribution in [0.4, 0.5) is 16.2 Å². The van der Waals surface area contributed by atoms with Gasteiger partial charge in [0.25, 0.3) is 0 Å². The fraction of sp³-hybridized carbons (Fsp3) is 0.355. The Labute approximate surface area is 230 Å². The normalized spacial score (nSPS) is 11.6. The number of carboxylic acids is 1. The Morgan fingerprint density at radius 1 is 0.921 bits per heavy atom. The molecular formula is C31H38N2O4S.